The molecule has 5 heteroatoms. The van der Waals surface area contributed by atoms with E-state index < -0.39 is 5.60 Å². The molecular weight excluding hydrogens is 172 g/mol. The predicted molar refractivity (Wildman–Crippen MR) is 45.1 cm³/mol. The molecule has 1 fully saturated rings. The molecule has 0 aromatic rings. The second-order valence-corrected chi connectivity index (χ2v) is 3.32. The van der Waals surface area contributed by atoms with E-state index in [-0.39, 0.29) is 11.9 Å². The molecule has 0 aromatic heterocycles. The summed E-state index contributed by atoms with van der Waals surface area (Å²) in [5, 5.41) is 0. The minimum absolute atomic E-state index is 0.00750. The van der Waals surface area contributed by atoms with E-state index in [9.17, 15) is 4.79 Å². The second-order valence-electron chi connectivity index (χ2n) is 3.32. The molecule has 1 amide bonds. The van der Waals surface area contributed by atoms with Gasteiger partial charge in [0.05, 0.1) is 6.61 Å². The summed E-state index contributed by atoms with van der Waals surface area (Å²) in [7, 11) is 0. The van der Waals surface area contributed by atoms with Crippen LogP contribution in [0.5, 0.6) is 0 Å². The summed E-state index contributed by atoms with van der Waals surface area (Å²) >= 11 is 0. The first-order valence-electron chi connectivity index (χ1n) is 4.38. The van der Waals surface area contributed by atoms with Crippen LogP contribution in [-0.2, 0) is 14.3 Å². The van der Waals surface area contributed by atoms with Gasteiger partial charge >= 0.3 is 0 Å². The van der Waals surface area contributed by atoms with Crippen LogP contribution in [0, 0.1) is 0 Å². The Hall–Kier alpha value is -1.10. The van der Waals surface area contributed by atoms with Crippen molar-refractivity contribution < 1.29 is 14.3 Å². The van der Waals surface area contributed by atoms with Gasteiger partial charge in [0.2, 0.25) is 0 Å². The van der Waals surface area contributed by atoms with Gasteiger partial charge in [-0.05, 0) is 12.8 Å². The number of ether oxygens (including phenoxy) is 2. The number of hydrogen-bond acceptors (Lipinski definition) is 4. The topological polar surface area (TPSA) is 73.9 Å². The summed E-state index contributed by atoms with van der Waals surface area (Å²) in [6.45, 7) is 1.22. The number of aliphatic imine (C=N–C) groups is 1. The lowest BCUT2D eigenvalue weighted by Gasteiger charge is -2.22. The molecule has 2 aliphatic rings. The van der Waals surface area contributed by atoms with Crippen molar-refractivity contribution in [2.45, 2.75) is 24.9 Å². The second kappa shape index (κ2) is 2.99. The first-order valence-corrected chi connectivity index (χ1v) is 4.38. The smallest absolute Gasteiger partial charge is 0.294 e. The zero-order valence-electron chi connectivity index (χ0n) is 7.28. The minimum Gasteiger partial charge on any atom is -0.448 e. The van der Waals surface area contributed by atoms with E-state index in [4.69, 9.17) is 15.2 Å². The molecular formula is C8H12N2O3. The summed E-state index contributed by atoms with van der Waals surface area (Å²) in [5.41, 5.74) is 4.54. The molecule has 0 radical (unpaired) electrons. The predicted octanol–water partition coefficient (Wildman–Crippen LogP) is -0.203. The summed E-state index contributed by atoms with van der Waals surface area (Å²) in [6, 6.07) is -0.00750. The van der Waals surface area contributed by atoms with Crippen molar-refractivity contribution >= 4 is 11.9 Å². The fourth-order valence-electron chi connectivity index (χ4n) is 1.71. The Labute approximate surface area is 75.9 Å². The third-order valence-corrected chi connectivity index (χ3v) is 2.42. The molecule has 2 rings (SSSR count). The van der Waals surface area contributed by atoms with Crippen LogP contribution in [0.2, 0.25) is 0 Å². The van der Waals surface area contributed by atoms with E-state index in [2.05, 4.69) is 4.99 Å². The summed E-state index contributed by atoms with van der Waals surface area (Å²) < 4.78 is 10.5. The van der Waals surface area contributed by atoms with Gasteiger partial charge in [-0.2, -0.15) is 4.99 Å². The molecule has 72 valence electrons. The van der Waals surface area contributed by atoms with Gasteiger partial charge < -0.3 is 15.2 Å². The maximum atomic E-state index is 11.5. The Balaban J connectivity index is 2.16. The van der Waals surface area contributed by atoms with Gasteiger partial charge in [0, 0.05) is 13.0 Å². The van der Waals surface area contributed by atoms with E-state index in [0.29, 0.717) is 26.1 Å². The first kappa shape index (κ1) is 8.50. The zero-order chi connectivity index (χ0) is 9.31. The van der Waals surface area contributed by atoms with Crippen LogP contribution < -0.4 is 5.73 Å². The van der Waals surface area contributed by atoms with Crippen molar-refractivity contribution in [3.05, 3.63) is 0 Å². The number of nitrogens with zero attached hydrogens (tertiary/aromatic N) is 1. The largest absolute Gasteiger partial charge is 0.448 e. The molecule has 13 heavy (non-hydrogen) atoms. The van der Waals surface area contributed by atoms with Gasteiger partial charge in [0.1, 0.15) is 0 Å². The lowest BCUT2D eigenvalue weighted by Crippen LogP contribution is -2.38. The Morgan fingerprint density at radius 1 is 1.38 bits per heavy atom. The van der Waals surface area contributed by atoms with E-state index in [1.807, 2.05) is 0 Å². The number of carbonyl (C=O) groups excluding carboxylic acids is 1. The molecule has 2 aliphatic heterocycles. The van der Waals surface area contributed by atoms with Gasteiger partial charge in [0.25, 0.3) is 11.9 Å². The van der Waals surface area contributed by atoms with Crippen LogP contribution in [0.1, 0.15) is 19.3 Å². The Morgan fingerprint density at radius 2 is 2.23 bits per heavy atom. The Morgan fingerprint density at radius 3 is 2.92 bits per heavy atom. The normalized spacial score (nSPS) is 34.2. The number of hydrogen-bond donors (Lipinski definition) is 1. The van der Waals surface area contributed by atoms with Crippen molar-refractivity contribution in [3.63, 3.8) is 0 Å². The Bertz CT molecular complexity index is 254. The average Bonchev–Trinajstić information content (AvgIpc) is 2.29. The minimum atomic E-state index is -0.805. The molecule has 5 nitrogen and oxygen atoms in total. The highest BCUT2D eigenvalue weighted by Crippen LogP contribution is 2.30. The molecule has 2 heterocycles. The zero-order valence-corrected chi connectivity index (χ0v) is 7.28. The molecule has 0 bridgehead atoms. The molecule has 0 saturated carbocycles. The van der Waals surface area contributed by atoms with Crippen molar-refractivity contribution in [1.29, 1.82) is 0 Å². The monoisotopic (exact) mass is 184 g/mol. The first-order chi connectivity index (χ1) is 6.23. The van der Waals surface area contributed by atoms with E-state index in [1.54, 1.807) is 0 Å². The van der Waals surface area contributed by atoms with Crippen LogP contribution in [-0.4, -0.2) is 30.7 Å². The molecule has 1 unspecified atom stereocenters. The van der Waals surface area contributed by atoms with Gasteiger partial charge in [-0.25, -0.2) is 0 Å². The highest BCUT2D eigenvalue weighted by molar-refractivity contribution is 6.00. The maximum Gasteiger partial charge on any atom is 0.294 e. The number of nitrogens with two attached hydrogens (primary N) is 1. The van der Waals surface area contributed by atoms with E-state index >= 15 is 0 Å². The fourth-order valence-corrected chi connectivity index (χ4v) is 1.71. The lowest BCUT2D eigenvalue weighted by molar-refractivity contribution is -0.132. The number of amides is 1. The lowest BCUT2D eigenvalue weighted by atomic mass is 9.94. The third-order valence-electron chi connectivity index (χ3n) is 2.42. The highest BCUT2D eigenvalue weighted by Gasteiger charge is 2.46. The fraction of sp³-hybridized carbons (Fsp3) is 0.750. The van der Waals surface area contributed by atoms with Crippen LogP contribution in [0.25, 0.3) is 0 Å². The number of rotatable bonds is 0. The van der Waals surface area contributed by atoms with Crippen molar-refractivity contribution in [2.24, 2.45) is 10.7 Å². The van der Waals surface area contributed by atoms with Crippen molar-refractivity contribution in [2.75, 3.05) is 13.2 Å². The van der Waals surface area contributed by atoms with Gasteiger partial charge in [-0.1, -0.05) is 0 Å². The summed E-state index contributed by atoms with van der Waals surface area (Å²) in [4.78, 5) is 15.1. The van der Waals surface area contributed by atoms with Gasteiger partial charge in [-0.15, -0.1) is 0 Å². The summed E-state index contributed by atoms with van der Waals surface area (Å²) in [5.74, 6) is -0.254. The number of amidine groups is 1. The van der Waals surface area contributed by atoms with E-state index in [1.165, 1.54) is 0 Å². The molecule has 1 spiro atoms. The van der Waals surface area contributed by atoms with Crippen LogP contribution in [0.3, 0.4) is 0 Å². The van der Waals surface area contributed by atoms with Crippen LogP contribution in [0.15, 0.2) is 4.99 Å². The average molecular weight is 184 g/mol. The standard InChI is InChI=1S/C8H12N2O3/c9-7-10-6(11)8(13-7)2-1-4-12-5-3-8/h1-5H2,(H2,9,10,11). The molecule has 0 aromatic carbocycles. The number of carbonyl (C=O) groups is 1. The Kier molecular flexibility index (Phi) is 1.95. The van der Waals surface area contributed by atoms with Gasteiger partial charge in [0.15, 0.2) is 5.60 Å². The molecule has 1 saturated heterocycles. The van der Waals surface area contributed by atoms with Crippen LogP contribution >= 0.6 is 0 Å². The SMILES string of the molecule is NC1=NC(=O)C2(CCCOCC2)O1. The van der Waals surface area contributed by atoms with Crippen LogP contribution in [0.4, 0.5) is 0 Å². The third kappa shape index (κ3) is 1.39. The highest BCUT2D eigenvalue weighted by atomic mass is 16.5. The van der Waals surface area contributed by atoms with Gasteiger partial charge in [-0.3, -0.25) is 4.79 Å². The molecule has 0 aliphatic carbocycles. The summed E-state index contributed by atoms with van der Waals surface area (Å²) in [6.07, 6.45) is 2.01. The van der Waals surface area contributed by atoms with Crippen molar-refractivity contribution in [3.8, 4) is 0 Å². The quantitative estimate of drug-likeness (QED) is 0.565. The van der Waals surface area contributed by atoms with E-state index in [0.717, 1.165) is 6.42 Å². The van der Waals surface area contributed by atoms with Crippen molar-refractivity contribution in [1.82, 2.24) is 0 Å². The maximum absolute atomic E-state index is 11.5. The molecule has 1 atom stereocenters. The molecule has 2 N–H and O–H groups in total.